The van der Waals surface area contributed by atoms with Gasteiger partial charge in [0.1, 0.15) is 0 Å². The Morgan fingerprint density at radius 1 is 1.44 bits per heavy atom. The maximum absolute atomic E-state index is 11.6. The molecule has 0 fully saturated rings. The van der Waals surface area contributed by atoms with Gasteiger partial charge < -0.3 is 11.1 Å². The molecule has 0 radical (unpaired) electrons. The number of aromatic amines is 1. The third kappa shape index (κ3) is 3.88. The lowest BCUT2D eigenvalue weighted by Gasteiger charge is -2.13. The molecule has 1 aromatic rings. The summed E-state index contributed by atoms with van der Waals surface area (Å²) in [4.78, 5) is 15.4. The molecule has 1 unspecified atom stereocenters. The van der Waals surface area contributed by atoms with Crippen molar-refractivity contribution < 1.29 is 4.79 Å². The number of amides is 1. The first kappa shape index (κ1) is 12.5. The second-order valence-electron chi connectivity index (χ2n) is 4.39. The van der Waals surface area contributed by atoms with Crippen LogP contribution in [0.2, 0.25) is 0 Å². The van der Waals surface area contributed by atoms with Gasteiger partial charge in [-0.25, -0.2) is 0 Å². The third-order valence-corrected chi connectivity index (χ3v) is 2.27. The predicted molar refractivity (Wildman–Crippen MR) is 61.8 cm³/mol. The first-order valence-corrected chi connectivity index (χ1v) is 5.47. The van der Waals surface area contributed by atoms with E-state index in [1.54, 1.807) is 0 Å². The fourth-order valence-electron chi connectivity index (χ4n) is 1.32. The molecule has 0 aliphatic carbocycles. The number of carbonyl (C=O) groups excluding carboxylic acids is 1. The smallest absolute Gasteiger partial charge is 0.288 e. The molecule has 0 aliphatic rings. The van der Waals surface area contributed by atoms with Gasteiger partial charge in [-0.3, -0.25) is 9.89 Å². The molecule has 1 rings (SSSR count). The summed E-state index contributed by atoms with van der Waals surface area (Å²) in [5.41, 5.74) is 5.31. The Kier molecular flexibility index (Phi) is 4.28. The van der Waals surface area contributed by atoms with Crippen molar-refractivity contribution in [1.29, 1.82) is 0 Å². The van der Waals surface area contributed by atoms with E-state index in [1.165, 1.54) is 0 Å². The van der Waals surface area contributed by atoms with Crippen LogP contribution in [0, 0.1) is 5.92 Å². The minimum absolute atomic E-state index is 0.0833. The Morgan fingerprint density at radius 3 is 2.62 bits per heavy atom. The number of rotatable bonds is 5. The molecule has 90 valence electrons. The highest BCUT2D eigenvalue weighted by Crippen LogP contribution is 2.06. The molecule has 1 heterocycles. The summed E-state index contributed by atoms with van der Waals surface area (Å²) in [5, 5.41) is 8.91. The summed E-state index contributed by atoms with van der Waals surface area (Å²) in [7, 11) is 0. The van der Waals surface area contributed by atoms with E-state index in [2.05, 4.69) is 34.3 Å². The Morgan fingerprint density at radius 2 is 2.12 bits per heavy atom. The van der Waals surface area contributed by atoms with E-state index in [0.717, 1.165) is 12.8 Å². The largest absolute Gasteiger partial charge is 0.366 e. The van der Waals surface area contributed by atoms with Crippen molar-refractivity contribution in [3.63, 3.8) is 0 Å². The standard InChI is InChI=1S/C10H19N5O/c1-6(2)4-5-7(3)12-9(16)8-13-10(11)15-14-8/h6-7H,4-5H2,1-3H3,(H,12,16)(H3,11,13,14,15). The van der Waals surface area contributed by atoms with Crippen LogP contribution in [-0.4, -0.2) is 27.1 Å². The SMILES string of the molecule is CC(C)CCC(C)NC(=O)c1nc(N)n[nH]1. The van der Waals surface area contributed by atoms with Gasteiger partial charge in [0.25, 0.3) is 5.91 Å². The van der Waals surface area contributed by atoms with Crippen molar-refractivity contribution in [2.24, 2.45) is 5.92 Å². The second kappa shape index (κ2) is 5.48. The van der Waals surface area contributed by atoms with Crippen LogP contribution < -0.4 is 11.1 Å². The molecule has 6 heteroatoms. The average molecular weight is 225 g/mol. The summed E-state index contributed by atoms with van der Waals surface area (Å²) in [5.74, 6) is 0.620. The highest BCUT2D eigenvalue weighted by Gasteiger charge is 2.13. The van der Waals surface area contributed by atoms with Gasteiger partial charge in [0.05, 0.1) is 0 Å². The Labute approximate surface area is 95.0 Å². The van der Waals surface area contributed by atoms with Gasteiger partial charge >= 0.3 is 0 Å². The van der Waals surface area contributed by atoms with Crippen molar-refractivity contribution in [2.45, 2.75) is 39.7 Å². The van der Waals surface area contributed by atoms with E-state index in [4.69, 9.17) is 5.73 Å². The molecule has 6 nitrogen and oxygen atoms in total. The number of hydrogen-bond acceptors (Lipinski definition) is 4. The fraction of sp³-hybridized carbons (Fsp3) is 0.700. The Hall–Kier alpha value is -1.59. The normalized spacial score (nSPS) is 12.8. The Bertz CT molecular complexity index is 347. The number of hydrogen-bond donors (Lipinski definition) is 3. The fourth-order valence-corrected chi connectivity index (χ4v) is 1.32. The molecule has 1 atom stereocenters. The van der Waals surface area contributed by atoms with Crippen LogP contribution in [0.3, 0.4) is 0 Å². The zero-order valence-electron chi connectivity index (χ0n) is 9.95. The monoisotopic (exact) mass is 225 g/mol. The summed E-state index contributed by atoms with van der Waals surface area (Å²) in [6.07, 6.45) is 2.03. The molecular formula is C10H19N5O. The highest BCUT2D eigenvalue weighted by molar-refractivity contribution is 5.90. The van der Waals surface area contributed by atoms with E-state index < -0.39 is 0 Å². The van der Waals surface area contributed by atoms with Gasteiger partial charge in [0, 0.05) is 6.04 Å². The number of nitrogens with zero attached hydrogens (tertiary/aromatic N) is 2. The zero-order chi connectivity index (χ0) is 12.1. The van der Waals surface area contributed by atoms with Gasteiger partial charge in [-0.1, -0.05) is 13.8 Å². The lowest BCUT2D eigenvalue weighted by atomic mass is 10.0. The van der Waals surface area contributed by atoms with E-state index in [1.807, 2.05) is 6.92 Å². The quantitative estimate of drug-likeness (QED) is 0.694. The molecule has 0 spiro atoms. The van der Waals surface area contributed by atoms with E-state index in [9.17, 15) is 4.79 Å². The number of nitrogen functional groups attached to an aromatic ring is 1. The second-order valence-corrected chi connectivity index (χ2v) is 4.39. The van der Waals surface area contributed by atoms with Crippen LogP contribution in [0.1, 0.15) is 44.2 Å². The van der Waals surface area contributed by atoms with Gasteiger partial charge in [-0.2, -0.15) is 4.98 Å². The van der Waals surface area contributed by atoms with Crippen molar-refractivity contribution in [2.75, 3.05) is 5.73 Å². The van der Waals surface area contributed by atoms with Gasteiger partial charge in [-0.05, 0) is 25.7 Å². The molecular weight excluding hydrogens is 206 g/mol. The van der Waals surface area contributed by atoms with Crippen molar-refractivity contribution >= 4 is 11.9 Å². The predicted octanol–water partition coefficient (Wildman–Crippen LogP) is 0.941. The maximum atomic E-state index is 11.6. The molecule has 0 aliphatic heterocycles. The van der Waals surface area contributed by atoms with E-state index in [-0.39, 0.29) is 23.7 Å². The van der Waals surface area contributed by atoms with Gasteiger partial charge in [0.2, 0.25) is 11.8 Å². The molecule has 0 saturated heterocycles. The zero-order valence-corrected chi connectivity index (χ0v) is 9.95. The van der Waals surface area contributed by atoms with Crippen LogP contribution in [0.4, 0.5) is 5.95 Å². The molecule has 0 aromatic carbocycles. The summed E-state index contributed by atoms with van der Waals surface area (Å²) in [6.45, 7) is 6.29. The number of carbonyl (C=O) groups is 1. The average Bonchev–Trinajstić information content (AvgIpc) is 2.62. The van der Waals surface area contributed by atoms with Crippen LogP contribution >= 0.6 is 0 Å². The molecule has 16 heavy (non-hydrogen) atoms. The third-order valence-electron chi connectivity index (χ3n) is 2.27. The van der Waals surface area contributed by atoms with Gasteiger partial charge in [-0.15, -0.1) is 5.10 Å². The lowest BCUT2D eigenvalue weighted by Crippen LogP contribution is -2.33. The highest BCUT2D eigenvalue weighted by atomic mass is 16.2. The first-order chi connectivity index (χ1) is 7.49. The van der Waals surface area contributed by atoms with Crippen LogP contribution in [0.5, 0.6) is 0 Å². The Balaban J connectivity index is 2.39. The van der Waals surface area contributed by atoms with E-state index in [0.29, 0.717) is 5.92 Å². The van der Waals surface area contributed by atoms with Crippen molar-refractivity contribution in [1.82, 2.24) is 20.5 Å². The molecule has 0 saturated carbocycles. The summed E-state index contributed by atoms with van der Waals surface area (Å²) in [6, 6.07) is 0.126. The number of nitrogens with two attached hydrogens (primary N) is 1. The van der Waals surface area contributed by atoms with E-state index >= 15 is 0 Å². The van der Waals surface area contributed by atoms with Crippen molar-refractivity contribution in [3.8, 4) is 0 Å². The number of anilines is 1. The number of aromatic nitrogens is 3. The van der Waals surface area contributed by atoms with Crippen LogP contribution in [0.15, 0.2) is 0 Å². The lowest BCUT2D eigenvalue weighted by molar-refractivity contribution is 0.0927. The van der Waals surface area contributed by atoms with Crippen molar-refractivity contribution in [3.05, 3.63) is 5.82 Å². The van der Waals surface area contributed by atoms with Crippen LogP contribution in [0.25, 0.3) is 0 Å². The summed E-state index contributed by atoms with van der Waals surface area (Å²) < 4.78 is 0. The molecule has 1 amide bonds. The number of H-pyrrole nitrogens is 1. The minimum Gasteiger partial charge on any atom is -0.366 e. The maximum Gasteiger partial charge on any atom is 0.288 e. The molecule has 0 bridgehead atoms. The van der Waals surface area contributed by atoms with Gasteiger partial charge in [0.15, 0.2) is 0 Å². The first-order valence-electron chi connectivity index (χ1n) is 5.47. The minimum atomic E-state index is -0.263. The summed E-state index contributed by atoms with van der Waals surface area (Å²) >= 11 is 0. The van der Waals surface area contributed by atoms with Crippen LogP contribution in [-0.2, 0) is 0 Å². The topological polar surface area (TPSA) is 96.7 Å². The molecule has 4 N–H and O–H groups in total. The molecule has 1 aromatic heterocycles. The number of nitrogens with one attached hydrogen (secondary N) is 2.